The number of carbonyl (C=O) groups excluding carboxylic acids is 6. The van der Waals surface area contributed by atoms with E-state index in [9.17, 15) is 0 Å². The van der Waals surface area contributed by atoms with Crippen LogP contribution in [0.5, 0.6) is 0 Å². The molecule has 0 aliphatic heterocycles. The van der Waals surface area contributed by atoms with Crippen molar-refractivity contribution in [2.24, 2.45) is 0 Å². The Morgan fingerprint density at radius 3 is 0.308 bits per heavy atom. The maximum absolute atomic E-state index is 8.00. The van der Waals surface area contributed by atoms with E-state index in [-0.39, 0.29) is 16.8 Å². The Morgan fingerprint density at radius 2 is 0.308 bits per heavy atom. The van der Waals surface area contributed by atoms with Crippen molar-refractivity contribution in [1.29, 1.82) is 0 Å². The van der Waals surface area contributed by atoms with Crippen LogP contribution in [0.2, 0.25) is 0 Å². The molecule has 1 radical (unpaired) electrons. The van der Waals surface area contributed by atoms with E-state index in [1.54, 1.807) is 0 Å². The van der Waals surface area contributed by atoms with E-state index in [0.717, 1.165) is 0 Å². The minimum atomic E-state index is 0. The van der Waals surface area contributed by atoms with Crippen molar-refractivity contribution in [1.82, 2.24) is 0 Å². The molecule has 7 heteroatoms. The fourth-order valence-electron chi connectivity index (χ4n) is 0. The molecule has 0 aliphatic carbocycles. The van der Waals surface area contributed by atoms with Crippen molar-refractivity contribution in [3.63, 3.8) is 0 Å². The molecule has 0 saturated carbocycles. The van der Waals surface area contributed by atoms with Crippen LogP contribution < -0.4 is 0 Å². The largest absolute Gasteiger partial charge is 0.307 e. The third-order valence-corrected chi connectivity index (χ3v) is 0. The van der Waals surface area contributed by atoms with Gasteiger partial charge in [0, 0.05) is 16.8 Å². The van der Waals surface area contributed by atoms with Crippen molar-refractivity contribution < 1.29 is 45.5 Å². The quantitative estimate of drug-likeness (QED) is 0.531. The summed E-state index contributed by atoms with van der Waals surface area (Å²) in [6, 6.07) is 0. The van der Waals surface area contributed by atoms with Crippen molar-refractivity contribution in [3.05, 3.63) is 0 Å². The molecule has 0 fully saturated rings. The summed E-state index contributed by atoms with van der Waals surface area (Å²) < 4.78 is 0. The van der Waals surface area contributed by atoms with E-state index < -0.39 is 0 Å². The van der Waals surface area contributed by atoms with Crippen LogP contribution in [0.1, 0.15) is 0 Å². The van der Waals surface area contributed by atoms with Gasteiger partial charge in [-0.25, -0.2) is 0 Å². The van der Waals surface area contributed by atoms with Gasteiger partial charge in [-0.1, -0.05) is 0 Å². The van der Waals surface area contributed by atoms with Crippen LogP contribution in [-0.4, -0.2) is 40.7 Å². The number of rotatable bonds is 0. The molecule has 0 aromatic rings. The summed E-state index contributed by atoms with van der Waals surface area (Å²) in [5.74, 6) is 0. The van der Waals surface area contributed by atoms with Gasteiger partial charge in [-0.15, -0.1) is 0 Å². The zero-order valence-corrected chi connectivity index (χ0v) is 8.07. The Bertz CT molecular complexity index is 32.6. The molecule has 0 saturated heterocycles. The molecule has 0 N–H and O–H groups in total. The average Bonchev–Trinajstić information content (AvgIpc) is 2.33. The van der Waals surface area contributed by atoms with E-state index >= 15 is 0 Å². The molecule has 0 bridgehead atoms. The predicted molar refractivity (Wildman–Crippen MR) is 42.7 cm³/mol. The Balaban J connectivity index is -0.00000000655. The Kier molecular flexibility index (Phi) is 2110. The van der Waals surface area contributed by atoms with Crippen molar-refractivity contribution >= 4 is 40.7 Å². The van der Waals surface area contributed by atoms with Crippen LogP contribution in [0.4, 0.5) is 0 Å². The van der Waals surface area contributed by atoms with Gasteiger partial charge in [0.1, 0.15) is 40.7 Å². The number of hydrogen-bond acceptors (Lipinski definition) is 6. The van der Waals surface area contributed by atoms with Crippen LogP contribution in [0.3, 0.4) is 0 Å². The summed E-state index contributed by atoms with van der Waals surface area (Å²) in [6.45, 7) is 12.0. The van der Waals surface area contributed by atoms with E-state index in [1.165, 1.54) is 0 Å². The predicted octanol–water partition coefficient (Wildman–Crippen LogP) is -1.11. The van der Waals surface area contributed by atoms with E-state index in [1.807, 2.05) is 40.7 Å². The van der Waals surface area contributed by atoms with Crippen LogP contribution in [0, 0.1) is 0 Å². The smallest absolute Gasteiger partial charge is 0.106 e. The first-order valence-electron chi connectivity index (χ1n) is 1.73. The van der Waals surface area contributed by atoms with Gasteiger partial charge in [-0.05, 0) is 0 Å². The Morgan fingerprint density at radius 1 is 0.308 bits per heavy atom. The summed E-state index contributed by atoms with van der Waals surface area (Å²) in [4.78, 5) is 48.0. The summed E-state index contributed by atoms with van der Waals surface area (Å²) in [5.41, 5.74) is 0. The van der Waals surface area contributed by atoms with Gasteiger partial charge in [-0.2, -0.15) is 0 Å². The molecular formula is C6H12CoO6. The van der Waals surface area contributed by atoms with Gasteiger partial charge in [0.2, 0.25) is 0 Å². The molecule has 0 aliphatic rings. The van der Waals surface area contributed by atoms with Crippen LogP contribution in [-0.2, 0) is 45.5 Å². The van der Waals surface area contributed by atoms with Gasteiger partial charge < -0.3 is 28.8 Å². The molecule has 0 spiro atoms. The molecule has 13 heavy (non-hydrogen) atoms. The molecule has 0 aromatic carbocycles. The van der Waals surface area contributed by atoms with Gasteiger partial charge in [0.25, 0.3) is 0 Å². The fourth-order valence-corrected chi connectivity index (χ4v) is 0. The third-order valence-electron chi connectivity index (χ3n) is 0. The normalized spacial score (nSPS) is 1.85. The van der Waals surface area contributed by atoms with Crippen molar-refractivity contribution in [2.75, 3.05) is 0 Å². The monoisotopic (exact) mass is 239 g/mol. The van der Waals surface area contributed by atoms with Crippen molar-refractivity contribution in [3.8, 4) is 0 Å². The topological polar surface area (TPSA) is 102 Å². The molecule has 6 nitrogen and oxygen atoms in total. The summed E-state index contributed by atoms with van der Waals surface area (Å²) in [7, 11) is 0. The Labute approximate surface area is 86.9 Å². The van der Waals surface area contributed by atoms with Gasteiger partial charge >= 0.3 is 0 Å². The minimum Gasteiger partial charge on any atom is -0.307 e. The van der Waals surface area contributed by atoms with Gasteiger partial charge in [0.15, 0.2) is 0 Å². The molecule has 0 amide bonds. The first-order valence-corrected chi connectivity index (χ1v) is 1.73. The zero-order valence-electron chi connectivity index (χ0n) is 7.03. The molecule has 0 heterocycles. The molecule has 0 aromatic heterocycles. The van der Waals surface area contributed by atoms with E-state index in [0.29, 0.717) is 0 Å². The molecular weight excluding hydrogens is 227 g/mol. The first-order chi connectivity index (χ1) is 6.00. The van der Waals surface area contributed by atoms with Gasteiger partial charge in [-0.3, -0.25) is 0 Å². The maximum Gasteiger partial charge on any atom is 0.106 e. The fraction of sp³-hybridized carbons (Fsp3) is 0. The molecule has 0 unspecified atom stereocenters. The second-order valence-corrected chi connectivity index (χ2v) is 0. The Hall–Kier alpha value is -1.47. The average molecular weight is 239 g/mol. The molecule has 81 valence electrons. The number of hydrogen-bond donors (Lipinski definition) is 0. The molecule has 0 rings (SSSR count). The summed E-state index contributed by atoms with van der Waals surface area (Å²) >= 11 is 0. The van der Waals surface area contributed by atoms with Crippen molar-refractivity contribution in [2.45, 2.75) is 0 Å². The zero-order chi connectivity index (χ0) is 12.0. The minimum absolute atomic E-state index is 0. The van der Waals surface area contributed by atoms with Crippen LogP contribution >= 0.6 is 0 Å². The SMILES string of the molecule is C=O.C=O.C=O.C=O.C=O.C=O.[Co]. The third kappa shape index (κ3) is 352. The molecule has 0 atom stereocenters. The van der Waals surface area contributed by atoms with Crippen LogP contribution in [0.25, 0.3) is 0 Å². The van der Waals surface area contributed by atoms with E-state index in [2.05, 4.69) is 0 Å². The maximum atomic E-state index is 8.00. The first kappa shape index (κ1) is 62.3. The van der Waals surface area contributed by atoms with Crippen LogP contribution in [0.15, 0.2) is 0 Å². The summed E-state index contributed by atoms with van der Waals surface area (Å²) in [5, 5.41) is 0. The number of carbonyl (C=O) groups is 6. The van der Waals surface area contributed by atoms with E-state index in [4.69, 9.17) is 28.8 Å². The second kappa shape index (κ2) is 440. The summed E-state index contributed by atoms with van der Waals surface area (Å²) in [6.07, 6.45) is 0. The standard InChI is InChI=1S/6CH2O.Co/c6*1-2;/h6*1H2;. The second-order valence-electron chi connectivity index (χ2n) is 0. The van der Waals surface area contributed by atoms with Gasteiger partial charge in [0.05, 0.1) is 0 Å².